The average molecular weight is 352 g/mol. The van der Waals surface area contributed by atoms with Crippen molar-refractivity contribution in [3.8, 4) is 0 Å². The number of urea groups is 1. The fraction of sp³-hybridized carbons (Fsp3) is 0.158. The molecule has 0 saturated heterocycles. The van der Waals surface area contributed by atoms with Gasteiger partial charge in [-0.25, -0.2) is 9.59 Å². The van der Waals surface area contributed by atoms with E-state index in [4.69, 9.17) is 0 Å². The molecule has 0 fully saturated rings. The molecular weight excluding hydrogens is 332 g/mol. The molecule has 7 heteroatoms. The van der Waals surface area contributed by atoms with Crippen LogP contribution in [0.2, 0.25) is 0 Å². The Morgan fingerprint density at radius 2 is 1.81 bits per heavy atom. The molecule has 0 aliphatic rings. The first-order valence-corrected chi connectivity index (χ1v) is 8.20. The van der Waals surface area contributed by atoms with Crippen LogP contribution in [0.1, 0.15) is 5.56 Å². The third-order valence-corrected chi connectivity index (χ3v) is 3.91. The van der Waals surface area contributed by atoms with Gasteiger partial charge in [0.05, 0.1) is 7.11 Å². The third-order valence-electron chi connectivity index (χ3n) is 3.91. The van der Waals surface area contributed by atoms with E-state index in [1.165, 1.54) is 7.11 Å². The second kappa shape index (κ2) is 8.06. The first kappa shape index (κ1) is 17.3. The van der Waals surface area contributed by atoms with Crippen molar-refractivity contribution >= 4 is 34.4 Å². The summed E-state index contributed by atoms with van der Waals surface area (Å²) in [7, 11) is 1.29. The molecule has 0 radical (unpaired) electrons. The number of anilines is 2. The lowest BCUT2D eigenvalue weighted by Crippen LogP contribution is -2.30. The summed E-state index contributed by atoms with van der Waals surface area (Å²) in [6.07, 6.45) is 2.12. The minimum atomic E-state index is -0.565. The number of hydrogen-bond donors (Lipinski definition) is 4. The van der Waals surface area contributed by atoms with Crippen molar-refractivity contribution in [2.24, 2.45) is 0 Å². The van der Waals surface area contributed by atoms with Crippen molar-refractivity contribution in [1.29, 1.82) is 0 Å². The summed E-state index contributed by atoms with van der Waals surface area (Å²) in [5.41, 5.74) is 3.35. The number of carbonyl (C=O) groups is 2. The maximum absolute atomic E-state index is 12.1. The van der Waals surface area contributed by atoms with E-state index in [1.807, 2.05) is 24.4 Å². The number of aromatic amines is 1. The Morgan fingerprint density at radius 3 is 2.62 bits per heavy atom. The van der Waals surface area contributed by atoms with Crippen molar-refractivity contribution < 1.29 is 14.3 Å². The number of para-hydroxylation sites is 1. The van der Waals surface area contributed by atoms with Gasteiger partial charge in [0.2, 0.25) is 0 Å². The Hall–Kier alpha value is -3.48. The normalized spacial score (nSPS) is 10.3. The predicted molar refractivity (Wildman–Crippen MR) is 101 cm³/mol. The quantitative estimate of drug-likeness (QED) is 0.564. The van der Waals surface area contributed by atoms with E-state index < -0.39 is 6.09 Å². The maximum Gasteiger partial charge on any atom is 0.411 e. The van der Waals surface area contributed by atoms with Gasteiger partial charge >= 0.3 is 12.1 Å². The number of H-pyrrole nitrogens is 1. The van der Waals surface area contributed by atoms with Crippen LogP contribution in [0, 0.1) is 0 Å². The van der Waals surface area contributed by atoms with E-state index in [0.717, 1.165) is 22.9 Å². The molecule has 1 aromatic heterocycles. The number of methoxy groups -OCH3 is 1. The van der Waals surface area contributed by atoms with Crippen LogP contribution >= 0.6 is 0 Å². The van der Waals surface area contributed by atoms with Crippen LogP contribution in [-0.2, 0) is 11.2 Å². The van der Waals surface area contributed by atoms with Crippen LogP contribution in [0.5, 0.6) is 0 Å². The highest BCUT2D eigenvalue weighted by atomic mass is 16.5. The van der Waals surface area contributed by atoms with Gasteiger partial charge < -0.3 is 20.4 Å². The van der Waals surface area contributed by atoms with Gasteiger partial charge in [0.25, 0.3) is 0 Å². The van der Waals surface area contributed by atoms with Gasteiger partial charge in [0.1, 0.15) is 0 Å². The SMILES string of the molecule is COC(=O)Nc1cccc(NC(=O)NCCc2c[nH]c3ccccc23)c1. The topological polar surface area (TPSA) is 95.2 Å². The predicted octanol–water partition coefficient (Wildman–Crippen LogP) is 3.71. The van der Waals surface area contributed by atoms with E-state index in [9.17, 15) is 9.59 Å². The van der Waals surface area contributed by atoms with Gasteiger partial charge in [-0.15, -0.1) is 0 Å². The number of hydrogen-bond acceptors (Lipinski definition) is 3. The fourth-order valence-corrected chi connectivity index (χ4v) is 2.67. The molecular formula is C19H20N4O3. The van der Waals surface area contributed by atoms with Crippen molar-refractivity contribution in [1.82, 2.24) is 10.3 Å². The number of aromatic nitrogens is 1. The van der Waals surface area contributed by atoms with Crippen molar-refractivity contribution in [2.75, 3.05) is 24.3 Å². The minimum absolute atomic E-state index is 0.306. The highest BCUT2D eigenvalue weighted by Gasteiger charge is 2.06. The van der Waals surface area contributed by atoms with Crippen LogP contribution in [0.25, 0.3) is 10.9 Å². The lowest BCUT2D eigenvalue weighted by Gasteiger charge is -2.09. The highest BCUT2D eigenvalue weighted by molar-refractivity contribution is 5.91. The van der Waals surface area contributed by atoms with Gasteiger partial charge in [0, 0.05) is 35.0 Å². The van der Waals surface area contributed by atoms with Gasteiger partial charge in [-0.05, 0) is 36.2 Å². The minimum Gasteiger partial charge on any atom is -0.453 e. The van der Waals surface area contributed by atoms with E-state index in [0.29, 0.717) is 17.9 Å². The van der Waals surface area contributed by atoms with Crippen molar-refractivity contribution in [2.45, 2.75) is 6.42 Å². The molecule has 3 rings (SSSR count). The molecule has 0 aliphatic heterocycles. The summed E-state index contributed by atoms with van der Waals surface area (Å²) in [5, 5.41) is 9.28. The third kappa shape index (κ3) is 4.32. The molecule has 0 spiro atoms. The molecule has 3 aromatic rings. The van der Waals surface area contributed by atoms with Crippen LogP contribution in [0.3, 0.4) is 0 Å². The summed E-state index contributed by atoms with van der Waals surface area (Å²) < 4.78 is 4.54. The van der Waals surface area contributed by atoms with Gasteiger partial charge in [-0.1, -0.05) is 24.3 Å². The number of ether oxygens (including phenoxy) is 1. The van der Waals surface area contributed by atoms with E-state index in [-0.39, 0.29) is 6.03 Å². The fourth-order valence-electron chi connectivity index (χ4n) is 2.67. The largest absolute Gasteiger partial charge is 0.453 e. The van der Waals surface area contributed by atoms with Crippen molar-refractivity contribution in [3.63, 3.8) is 0 Å². The highest BCUT2D eigenvalue weighted by Crippen LogP contribution is 2.18. The molecule has 0 bridgehead atoms. The average Bonchev–Trinajstić information content (AvgIpc) is 3.05. The number of benzene rings is 2. The molecule has 7 nitrogen and oxygen atoms in total. The van der Waals surface area contributed by atoms with Gasteiger partial charge in [-0.3, -0.25) is 5.32 Å². The summed E-state index contributed by atoms with van der Waals surface area (Å²) >= 11 is 0. The molecule has 1 heterocycles. The summed E-state index contributed by atoms with van der Waals surface area (Å²) in [4.78, 5) is 26.5. The van der Waals surface area contributed by atoms with E-state index in [2.05, 4.69) is 31.7 Å². The second-order valence-corrected chi connectivity index (χ2v) is 5.69. The Morgan fingerprint density at radius 1 is 1.04 bits per heavy atom. The molecule has 0 saturated carbocycles. The summed E-state index contributed by atoms with van der Waals surface area (Å²) in [5.74, 6) is 0. The van der Waals surface area contributed by atoms with E-state index >= 15 is 0 Å². The number of fused-ring (bicyclic) bond motifs is 1. The van der Waals surface area contributed by atoms with Crippen LogP contribution in [-0.4, -0.2) is 30.8 Å². The van der Waals surface area contributed by atoms with Crippen LogP contribution in [0.15, 0.2) is 54.7 Å². The molecule has 4 N–H and O–H groups in total. The van der Waals surface area contributed by atoms with Crippen LogP contribution < -0.4 is 16.0 Å². The molecule has 3 amide bonds. The van der Waals surface area contributed by atoms with Crippen LogP contribution in [0.4, 0.5) is 21.0 Å². The zero-order chi connectivity index (χ0) is 18.4. The Bertz CT molecular complexity index is 920. The monoisotopic (exact) mass is 352 g/mol. The first-order valence-electron chi connectivity index (χ1n) is 8.20. The number of amides is 3. The zero-order valence-corrected chi connectivity index (χ0v) is 14.3. The Balaban J connectivity index is 1.51. The Labute approximate surface area is 150 Å². The number of nitrogens with one attached hydrogen (secondary N) is 4. The van der Waals surface area contributed by atoms with E-state index in [1.54, 1.807) is 24.3 Å². The summed E-state index contributed by atoms with van der Waals surface area (Å²) in [6.45, 7) is 0.508. The lowest BCUT2D eigenvalue weighted by molar-refractivity contribution is 0.187. The molecule has 0 atom stereocenters. The lowest BCUT2D eigenvalue weighted by atomic mass is 10.1. The smallest absolute Gasteiger partial charge is 0.411 e. The van der Waals surface area contributed by atoms with Crippen molar-refractivity contribution in [3.05, 3.63) is 60.3 Å². The number of rotatable bonds is 5. The molecule has 2 aromatic carbocycles. The van der Waals surface area contributed by atoms with Gasteiger partial charge in [0.15, 0.2) is 0 Å². The molecule has 0 aliphatic carbocycles. The first-order chi connectivity index (χ1) is 12.7. The molecule has 26 heavy (non-hydrogen) atoms. The number of carbonyl (C=O) groups excluding carboxylic acids is 2. The molecule has 0 unspecified atom stereocenters. The van der Waals surface area contributed by atoms with Gasteiger partial charge in [-0.2, -0.15) is 0 Å². The second-order valence-electron chi connectivity index (χ2n) is 5.69. The standard InChI is InChI=1S/C19H20N4O3/c1-26-19(25)23-15-6-4-5-14(11-15)22-18(24)20-10-9-13-12-21-17-8-3-2-7-16(13)17/h2-8,11-12,21H,9-10H2,1H3,(H,23,25)(H2,20,22,24). The Kier molecular flexibility index (Phi) is 5.38. The maximum atomic E-state index is 12.1. The zero-order valence-electron chi connectivity index (χ0n) is 14.3. The summed E-state index contributed by atoms with van der Waals surface area (Å²) in [6, 6.07) is 14.6. The molecule has 134 valence electrons.